The van der Waals surface area contributed by atoms with Crippen LogP contribution in [0.3, 0.4) is 0 Å². The van der Waals surface area contributed by atoms with Gasteiger partial charge in [0.2, 0.25) is 0 Å². The van der Waals surface area contributed by atoms with Gasteiger partial charge in [-0.15, -0.1) is 0 Å². The first-order chi connectivity index (χ1) is 10.1. The quantitative estimate of drug-likeness (QED) is 0.878. The van der Waals surface area contributed by atoms with Gasteiger partial charge < -0.3 is 10.6 Å². The van der Waals surface area contributed by atoms with Crippen LogP contribution in [0.15, 0.2) is 36.7 Å². The van der Waals surface area contributed by atoms with Crippen molar-refractivity contribution in [3.63, 3.8) is 0 Å². The lowest BCUT2D eigenvalue weighted by atomic mass is 10.1. The molecule has 0 fully saturated rings. The Morgan fingerprint density at radius 3 is 2.76 bits per heavy atom. The van der Waals surface area contributed by atoms with Crippen LogP contribution in [0.4, 0.5) is 11.4 Å². The zero-order chi connectivity index (χ0) is 15.2. The highest BCUT2D eigenvalue weighted by Crippen LogP contribution is 2.20. The summed E-state index contributed by atoms with van der Waals surface area (Å²) in [5, 5.41) is 6.21. The zero-order valence-electron chi connectivity index (χ0n) is 12.7. The fourth-order valence-corrected chi connectivity index (χ4v) is 2.05. The van der Waals surface area contributed by atoms with Crippen molar-refractivity contribution < 1.29 is 4.79 Å². The average molecular weight is 283 g/mol. The first-order valence-corrected chi connectivity index (χ1v) is 7.18. The van der Waals surface area contributed by atoms with Gasteiger partial charge in [-0.05, 0) is 43.5 Å². The maximum absolute atomic E-state index is 12.5. The van der Waals surface area contributed by atoms with Gasteiger partial charge in [0.25, 0.3) is 5.91 Å². The molecule has 0 spiro atoms. The summed E-state index contributed by atoms with van der Waals surface area (Å²) in [6.45, 7) is 6.89. The molecule has 0 atom stereocenters. The molecule has 1 aromatic heterocycles. The van der Waals surface area contributed by atoms with E-state index in [4.69, 9.17) is 0 Å². The molecule has 4 nitrogen and oxygen atoms in total. The van der Waals surface area contributed by atoms with Crippen molar-refractivity contribution in [1.29, 1.82) is 0 Å². The number of amides is 1. The molecule has 0 saturated carbocycles. The van der Waals surface area contributed by atoms with Crippen LogP contribution < -0.4 is 10.6 Å². The summed E-state index contributed by atoms with van der Waals surface area (Å²) in [6.07, 6.45) is 4.32. The highest BCUT2D eigenvalue weighted by Gasteiger charge is 2.12. The summed E-state index contributed by atoms with van der Waals surface area (Å²) in [4.78, 5) is 16.6. The number of aromatic nitrogens is 1. The van der Waals surface area contributed by atoms with E-state index >= 15 is 0 Å². The third kappa shape index (κ3) is 3.81. The minimum absolute atomic E-state index is 0.121. The Bertz CT molecular complexity index is 638. The predicted octanol–water partition coefficient (Wildman–Crippen LogP) is 3.77. The van der Waals surface area contributed by atoms with E-state index in [0.29, 0.717) is 5.56 Å². The Morgan fingerprint density at radius 1 is 1.19 bits per heavy atom. The van der Waals surface area contributed by atoms with Gasteiger partial charge in [-0.25, -0.2) is 0 Å². The van der Waals surface area contributed by atoms with E-state index in [1.54, 1.807) is 18.5 Å². The number of pyridine rings is 1. The molecule has 0 aliphatic carbocycles. The largest absolute Gasteiger partial charge is 0.383 e. The van der Waals surface area contributed by atoms with Gasteiger partial charge in [-0.1, -0.05) is 19.1 Å². The second-order valence-electron chi connectivity index (χ2n) is 5.12. The number of anilines is 2. The number of benzene rings is 1. The van der Waals surface area contributed by atoms with Gasteiger partial charge >= 0.3 is 0 Å². The van der Waals surface area contributed by atoms with Crippen molar-refractivity contribution in [1.82, 2.24) is 4.98 Å². The number of rotatable bonds is 5. The SMILES string of the molecule is CCCNc1cnccc1C(=O)Nc1cc(C)ccc1C. The third-order valence-corrected chi connectivity index (χ3v) is 3.27. The second kappa shape index (κ2) is 6.88. The standard InChI is InChI=1S/C17H21N3O/c1-4-8-19-16-11-18-9-7-14(16)17(21)20-15-10-12(2)5-6-13(15)3/h5-7,9-11,19H,4,8H2,1-3H3,(H,20,21). The van der Waals surface area contributed by atoms with Gasteiger partial charge in [-0.3, -0.25) is 9.78 Å². The first-order valence-electron chi connectivity index (χ1n) is 7.18. The molecule has 2 aromatic rings. The van der Waals surface area contributed by atoms with E-state index in [1.165, 1.54) is 0 Å². The van der Waals surface area contributed by atoms with E-state index < -0.39 is 0 Å². The van der Waals surface area contributed by atoms with E-state index in [2.05, 4.69) is 22.5 Å². The molecule has 2 rings (SSSR count). The molecular formula is C17H21N3O. The van der Waals surface area contributed by atoms with E-state index in [1.807, 2.05) is 32.0 Å². The number of aryl methyl sites for hydroxylation is 2. The molecule has 0 aliphatic heterocycles. The van der Waals surface area contributed by atoms with Gasteiger partial charge in [0, 0.05) is 18.4 Å². The average Bonchev–Trinajstić information content (AvgIpc) is 2.49. The van der Waals surface area contributed by atoms with Crippen LogP contribution in [0.5, 0.6) is 0 Å². The molecular weight excluding hydrogens is 262 g/mol. The fourth-order valence-electron chi connectivity index (χ4n) is 2.05. The van der Waals surface area contributed by atoms with E-state index in [9.17, 15) is 4.79 Å². The third-order valence-electron chi connectivity index (χ3n) is 3.27. The minimum atomic E-state index is -0.121. The first kappa shape index (κ1) is 15.0. The lowest BCUT2D eigenvalue weighted by molar-refractivity contribution is 0.102. The molecule has 1 amide bonds. The molecule has 0 bridgehead atoms. The second-order valence-corrected chi connectivity index (χ2v) is 5.12. The summed E-state index contributed by atoms with van der Waals surface area (Å²) >= 11 is 0. The molecule has 0 radical (unpaired) electrons. The topological polar surface area (TPSA) is 54.0 Å². The Morgan fingerprint density at radius 2 is 2.00 bits per heavy atom. The lowest BCUT2D eigenvalue weighted by Gasteiger charge is -2.13. The molecule has 4 heteroatoms. The molecule has 0 aliphatic rings. The summed E-state index contributed by atoms with van der Waals surface area (Å²) in [5.74, 6) is -0.121. The van der Waals surface area contributed by atoms with Gasteiger partial charge in [0.1, 0.15) is 0 Å². The van der Waals surface area contributed by atoms with Crippen LogP contribution in [0.1, 0.15) is 34.8 Å². The summed E-state index contributed by atoms with van der Waals surface area (Å²) in [5.41, 5.74) is 4.39. The molecule has 0 saturated heterocycles. The van der Waals surface area contributed by atoms with Crippen LogP contribution in [-0.4, -0.2) is 17.4 Å². The van der Waals surface area contributed by atoms with Crippen molar-refractivity contribution in [2.45, 2.75) is 27.2 Å². The van der Waals surface area contributed by atoms with Crippen molar-refractivity contribution in [2.24, 2.45) is 0 Å². The highest BCUT2D eigenvalue weighted by molar-refractivity contribution is 6.08. The Hall–Kier alpha value is -2.36. The summed E-state index contributed by atoms with van der Waals surface area (Å²) < 4.78 is 0. The molecule has 1 heterocycles. The van der Waals surface area contributed by atoms with Gasteiger partial charge in [-0.2, -0.15) is 0 Å². The normalized spacial score (nSPS) is 10.2. The Balaban J connectivity index is 2.22. The monoisotopic (exact) mass is 283 g/mol. The van der Waals surface area contributed by atoms with Crippen LogP contribution >= 0.6 is 0 Å². The number of nitrogens with zero attached hydrogens (tertiary/aromatic N) is 1. The van der Waals surface area contributed by atoms with Gasteiger partial charge in [0.15, 0.2) is 0 Å². The maximum atomic E-state index is 12.5. The van der Waals surface area contributed by atoms with Crippen molar-refractivity contribution in [2.75, 3.05) is 17.2 Å². The predicted molar refractivity (Wildman–Crippen MR) is 86.9 cm³/mol. The summed E-state index contributed by atoms with van der Waals surface area (Å²) in [6, 6.07) is 7.76. The molecule has 21 heavy (non-hydrogen) atoms. The Labute approximate surface area is 125 Å². The lowest BCUT2D eigenvalue weighted by Crippen LogP contribution is -2.16. The van der Waals surface area contributed by atoms with Crippen LogP contribution in [0.2, 0.25) is 0 Å². The number of hydrogen-bond acceptors (Lipinski definition) is 3. The van der Waals surface area contributed by atoms with Crippen LogP contribution in [0, 0.1) is 13.8 Å². The zero-order valence-corrected chi connectivity index (χ0v) is 12.7. The number of hydrogen-bond donors (Lipinski definition) is 2. The number of carbonyl (C=O) groups is 1. The van der Waals surface area contributed by atoms with E-state index in [-0.39, 0.29) is 5.91 Å². The van der Waals surface area contributed by atoms with Crippen LogP contribution in [0.25, 0.3) is 0 Å². The highest BCUT2D eigenvalue weighted by atomic mass is 16.1. The van der Waals surface area contributed by atoms with Crippen molar-refractivity contribution in [3.05, 3.63) is 53.3 Å². The molecule has 110 valence electrons. The smallest absolute Gasteiger partial charge is 0.257 e. The molecule has 2 N–H and O–H groups in total. The molecule has 1 aromatic carbocycles. The number of carbonyl (C=O) groups excluding carboxylic acids is 1. The maximum Gasteiger partial charge on any atom is 0.257 e. The minimum Gasteiger partial charge on any atom is -0.383 e. The number of nitrogens with one attached hydrogen (secondary N) is 2. The van der Waals surface area contributed by atoms with E-state index in [0.717, 1.165) is 35.5 Å². The van der Waals surface area contributed by atoms with Gasteiger partial charge in [0.05, 0.1) is 17.4 Å². The fraction of sp³-hybridized carbons (Fsp3) is 0.294. The summed E-state index contributed by atoms with van der Waals surface area (Å²) in [7, 11) is 0. The Kier molecular flexibility index (Phi) is 4.93. The molecule has 0 unspecified atom stereocenters. The van der Waals surface area contributed by atoms with Crippen molar-refractivity contribution in [3.8, 4) is 0 Å². The van der Waals surface area contributed by atoms with Crippen molar-refractivity contribution >= 4 is 17.3 Å². The van der Waals surface area contributed by atoms with Crippen LogP contribution in [-0.2, 0) is 0 Å².